The van der Waals surface area contributed by atoms with Crippen LogP contribution < -0.4 is 10.2 Å². The second-order valence-electron chi connectivity index (χ2n) is 5.91. The number of hydrogen-bond acceptors (Lipinski definition) is 10. The molecule has 11 heteroatoms. The van der Waals surface area contributed by atoms with Crippen LogP contribution in [0.4, 0.5) is 0 Å². The molecule has 0 amide bonds. The summed E-state index contributed by atoms with van der Waals surface area (Å²) in [5, 5.41) is 19.8. The molecule has 0 aromatic carbocycles. The first-order chi connectivity index (χ1) is 13.3. The van der Waals surface area contributed by atoms with Crippen LogP contribution in [0.1, 0.15) is 27.7 Å². The van der Waals surface area contributed by atoms with Crippen molar-refractivity contribution in [3.05, 3.63) is 0 Å². The third-order valence-corrected chi connectivity index (χ3v) is 2.54. The SMILES string of the molecule is CC(C)OCCOCCOCC(=O)[O-].CC(C)OCCOCCOCC(=O)[O-].[Zn+2]. The smallest absolute Gasteiger partial charge is 0.548 e. The van der Waals surface area contributed by atoms with E-state index in [1.807, 2.05) is 27.7 Å². The Morgan fingerprint density at radius 2 is 0.862 bits per heavy atom. The molecule has 0 N–H and O–H groups in total. The van der Waals surface area contributed by atoms with Gasteiger partial charge in [-0.05, 0) is 27.7 Å². The summed E-state index contributed by atoms with van der Waals surface area (Å²) in [7, 11) is 0. The molecule has 0 aliphatic rings. The molecule has 0 saturated heterocycles. The first-order valence-corrected chi connectivity index (χ1v) is 9.19. The van der Waals surface area contributed by atoms with Crippen LogP contribution in [0.2, 0.25) is 0 Å². The van der Waals surface area contributed by atoms with Crippen molar-refractivity contribution in [3.8, 4) is 0 Å². The maximum atomic E-state index is 9.91. The maximum absolute atomic E-state index is 9.91. The van der Waals surface area contributed by atoms with Crippen LogP contribution in [0, 0.1) is 0 Å². The van der Waals surface area contributed by atoms with E-state index in [1.54, 1.807) is 0 Å². The quantitative estimate of drug-likeness (QED) is 0.168. The number of carboxylic acid groups (broad SMARTS) is 2. The summed E-state index contributed by atoms with van der Waals surface area (Å²) < 4.78 is 30.0. The van der Waals surface area contributed by atoms with Crippen molar-refractivity contribution in [3.63, 3.8) is 0 Å². The van der Waals surface area contributed by atoms with E-state index >= 15 is 0 Å². The molecule has 0 aliphatic heterocycles. The second-order valence-corrected chi connectivity index (χ2v) is 5.91. The zero-order valence-corrected chi connectivity index (χ0v) is 21.0. The molecule has 0 heterocycles. The first kappa shape index (κ1) is 33.0. The third kappa shape index (κ3) is 38.5. The standard InChI is InChI=1S/2C9H18O5.Zn/c2*1-8(2)14-6-5-12-3-4-13-7-9(10)11;/h2*8H,3-7H2,1-2H3,(H,10,11);/q;;+2/p-2. The predicted octanol–water partition coefficient (Wildman–Crippen LogP) is -1.61. The molecular formula is C18H34O10Zn. The monoisotopic (exact) mass is 474 g/mol. The number of aliphatic carboxylic acids is 2. The van der Waals surface area contributed by atoms with Gasteiger partial charge in [-0.25, -0.2) is 0 Å². The van der Waals surface area contributed by atoms with Crippen molar-refractivity contribution in [2.75, 3.05) is 66.1 Å². The molecule has 0 saturated carbocycles. The van der Waals surface area contributed by atoms with Crippen LogP contribution >= 0.6 is 0 Å². The summed E-state index contributed by atoms with van der Waals surface area (Å²) >= 11 is 0. The van der Waals surface area contributed by atoms with E-state index in [9.17, 15) is 19.8 Å². The Morgan fingerprint density at radius 1 is 0.586 bits per heavy atom. The van der Waals surface area contributed by atoms with Crippen LogP contribution in [-0.2, 0) is 57.5 Å². The molecule has 10 nitrogen and oxygen atoms in total. The predicted molar refractivity (Wildman–Crippen MR) is 95.5 cm³/mol. The topological polar surface area (TPSA) is 136 Å². The molecule has 0 spiro atoms. The average Bonchev–Trinajstić information content (AvgIpc) is 2.59. The molecule has 0 atom stereocenters. The zero-order valence-electron chi connectivity index (χ0n) is 18.0. The number of rotatable bonds is 18. The fourth-order valence-electron chi connectivity index (χ4n) is 1.44. The molecule has 0 aliphatic carbocycles. The van der Waals surface area contributed by atoms with Gasteiger partial charge in [-0.3, -0.25) is 0 Å². The molecule has 0 unspecified atom stereocenters. The molecule has 29 heavy (non-hydrogen) atoms. The van der Waals surface area contributed by atoms with Gasteiger partial charge in [0.1, 0.15) is 0 Å². The number of carboxylic acids is 2. The minimum absolute atomic E-state index is 0. The Labute approximate surface area is 185 Å². The van der Waals surface area contributed by atoms with E-state index in [1.165, 1.54) is 0 Å². The fraction of sp³-hybridized carbons (Fsp3) is 0.889. The Bertz CT molecular complexity index is 333. The van der Waals surface area contributed by atoms with Gasteiger partial charge in [0.15, 0.2) is 0 Å². The van der Waals surface area contributed by atoms with E-state index in [0.717, 1.165) is 0 Å². The van der Waals surface area contributed by atoms with E-state index < -0.39 is 11.9 Å². The van der Waals surface area contributed by atoms with Crippen LogP contribution in [0.5, 0.6) is 0 Å². The number of carbonyl (C=O) groups excluding carboxylic acids is 2. The van der Waals surface area contributed by atoms with E-state index in [4.69, 9.17) is 28.4 Å². The molecule has 168 valence electrons. The van der Waals surface area contributed by atoms with Crippen molar-refractivity contribution < 1.29 is 67.7 Å². The van der Waals surface area contributed by atoms with Gasteiger partial charge in [0, 0.05) is 0 Å². The summed E-state index contributed by atoms with van der Waals surface area (Å²) in [4.78, 5) is 19.8. The molecule has 0 rings (SSSR count). The van der Waals surface area contributed by atoms with Gasteiger partial charge in [-0.1, -0.05) is 0 Å². The fourth-order valence-corrected chi connectivity index (χ4v) is 1.44. The Balaban J connectivity index is -0.000000451. The van der Waals surface area contributed by atoms with Gasteiger partial charge in [0.25, 0.3) is 0 Å². The summed E-state index contributed by atoms with van der Waals surface area (Å²) in [6, 6.07) is 0. The van der Waals surface area contributed by atoms with Crippen LogP contribution in [-0.4, -0.2) is 90.2 Å². The summed E-state index contributed by atoms with van der Waals surface area (Å²) in [6.07, 6.45) is 0.404. The average molecular weight is 476 g/mol. The Hall–Kier alpha value is -0.677. The summed E-state index contributed by atoms with van der Waals surface area (Å²) in [5.41, 5.74) is 0. The van der Waals surface area contributed by atoms with Crippen LogP contribution in [0.3, 0.4) is 0 Å². The largest absolute Gasteiger partial charge is 2.00 e. The second kappa shape index (κ2) is 25.4. The minimum Gasteiger partial charge on any atom is -0.548 e. The van der Waals surface area contributed by atoms with Gasteiger partial charge in [0.05, 0.1) is 90.2 Å². The zero-order chi connectivity index (χ0) is 21.6. The Morgan fingerprint density at radius 3 is 1.14 bits per heavy atom. The van der Waals surface area contributed by atoms with E-state index in [-0.39, 0.29) is 58.1 Å². The van der Waals surface area contributed by atoms with Crippen molar-refractivity contribution in [2.45, 2.75) is 39.9 Å². The van der Waals surface area contributed by atoms with Crippen molar-refractivity contribution in [1.82, 2.24) is 0 Å². The Kier molecular flexibility index (Phi) is 28.8. The first-order valence-electron chi connectivity index (χ1n) is 9.19. The third-order valence-electron chi connectivity index (χ3n) is 2.54. The van der Waals surface area contributed by atoms with Crippen LogP contribution in [0.25, 0.3) is 0 Å². The molecule has 0 aromatic rings. The molecule has 0 fully saturated rings. The maximum Gasteiger partial charge on any atom is 2.00 e. The van der Waals surface area contributed by atoms with Crippen molar-refractivity contribution >= 4 is 11.9 Å². The van der Waals surface area contributed by atoms with Gasteiger partial charge < -0.3 is 48.2 Å². The van der Waals surface area contributed by atoms with Gasteiger partial charge >= 0.3 is 19.5 Å². The molecule has 0 bridgehead atoms. The molecule has 0 aromatic heterocycles. The van der Waals surface area contributed by atoms with E-state index in [2.05, 4.69) is 0 Å². The van der Waals surface area contributed by atoms with E-state index in [0.29, 0.717) is 39.6 Å². The number of hydrogen-bond donors (Lipinski definition) is 0. The van der Waals surface area contributed by atoms with Crippen molar-refractivity contribution in [2.24, 2.45) is 0 Å². The summed E-state index contributed by atoms with van der Waals surface area (Å²) in [5.74, 6) is -2.43. The summed E-state index contributed by atoms with van der Waals surface area (Å²) in [6.45, 7) is 10.3. The molecular weight excluding hydrogens is 442 g/mol. The van der Waals surface area contributed by atoms with Gasteiger partial charge in [0.2, 0.25) is 0 Å². The number of ether oxygens (including phenoxy) is 6. The number of carbonyl (C=O) groups is 2. The van der Waals surface area contributed by atoms with Gasteiger partial charge in [-0.15, -0.1) is 0 Å². The van der Waals surface area contributed by atoms with Crippen molar-refractivity contribution in [1.29, 1.82) is 0 Å². The minimum atomic E-state index is -1.21. The normalized spacial score (nSPS) is 10.4. The molecule has 0 radical (unpaired) electrons. The van der Waals surface area contributed by atoms with Crippen LogP contribution in [0.15, 0.2) is 0 Å². The van der Waals surface area contributed by atoms with Gasteiger partial charge in [-0.2, -0.15) is 0 Å².